The summed E-state index contributed by atoms with van der Waals surface area (Å²) in [7, 11) is 0. The Bertz CT molecular complexity index is 365. The van der Waals surface area contributed by atoms with Gasteiger partial charge in [0.15, 0.2) is 0 Å². The molecule has 0 radical (unpaired) electrons. The van der Waals surface area contributed by atoms with Gasteiger partial charge in [0.05, 0.1) is 13.2 Å². The molecule has 2 rings (SSSR count). The summed E-state index contributed by atoms with van der Waals surface area (Å²) < 4.78 is 4.95. The standard InChI is InChI=1S/C11H14N2O2/c12-10-5-2-1-4-9(10)8-13-6-3-7-15-11(13)14/h1-2,4-5H,3,6-8,12H2. The summed E-state index contributed by atoms with van der Waals surface area (Å²) in [4.78, 5) is 13.0. The van der Waals surface area contributed by atoms with Crippen LogP contribution in [0.3, 0.4) is 0 Å². The Morgan fingerprint density at radius 3 is 2.93 bits per heavy atom. The van der Waals surface area contributed by atoms with Gasteiger partial charge < -0.3 is 15.4 Å². The Labute approximate surface area is 88.6 Å². The molecule has 1 heterocycles. The van der Waals surface area contributed by atoms with E-state index in [2.05, 4.69) is 0 Å². The van der Waals surface area contributed by atoms with Crippen LogP contribution >= 0.6 is 0 Å². The summed E-state index contributed by atoms with van der Waals surface area (Å²) >= 11 is 0. The molecule has 0 saturated carbocycles. The number of para-hydroxylation sites is 1. The zero-order valence-corrected chi connectivity index (χ0v) is 8.48. The van der Waals surface area contributed by atoms with Crippen LogP contribution in [0.4, 0.5) is 10.5 Å². The van der Waals surface area contributed by atoms with Crippen molar-refractivity contribution in [2.24, 2.45) is 0 Å². The normalized spacial score (nSPS) is 16.3. The second kappa shape index (κ2) is 4.21. The minimum absolute atomic E-state index is 0.246. The molecule has 4 nitrogen and oxygen atoms in total. The van der Waals surface area contributed by atoms with E-state index in [-0.39, 0.29) is 6.09 Å². The van der Waals surface area contributed by atoms with E-state index in [9.17, 15) is 4.79 Å². The molecule has 0 atom stereocenters. The molecule has 0 aliphatic carbocycles. The maximum Gasteiger partial charge on any atom is 0.410 e. The summed E-state index contributed by atoms with van der Waals surface area (Å²) in [5, 5.41) is 0. The van der Waals surface area contributed by atoms with E-state index in [1.54, 1.807) is 4.90 Å². The van der Waals surface area contributed by atoms with Crippen LogP contribution in [0.1, 0.15) is 12.0 Å². The highest BCUT2D eigenvalue weighted by Crippen LogP contribution is 2.15. The van der Waals surface area contributed by atoms with Crippen LogP contribution in [0.25, 0.3) is 0 Å². The zero-order chi connectivity index (χ0) is 10.7. The molecule has 80 valence electrons. The fraction of sp³-hybridized carbons (Fsp3) is 0.364. The number of amides is 1. The van der Waals surface area contributed by atoms with Gasteiger partial charge in [-0.1, -0.05) is 18.2 Å². The van der Waals surface area contributed by atoms with Crippen LogP contribution in [0.5, 0.6) is 0 Å². The van der Waals surface area contributed by atoms with Gasteiger partial charge in [0.25, 0.3) is 0 Å². The Morgan fingerprint density at radius 1 is 1.40 bits per heavy atom. The van der Waals surface area contributed by atoms with E-state index in [1.165, 1.54) is 0 Å². The molecule has 1 aromatic rings. The smallest absolute Gasteiger partial charge is 0.410 e. The van der Waals surface area contributed by atoms with Crippen LogP contribution in [-0.2, 0) is 11.3 Å². The fourth-order valence-corrected chi connectivity index (χ4v) is 1.62. The Hall–Kier alpha value is -1.71. The van der Waals surface area contributed by atoms with Crippen molar-refractivity contribution in [1.82, 2.24) is 4.90 Å². The van der Waals surface area contributed by atoms with Crippen molar-refractivity contribution in [2.75, 3.05) is 18.9 Å². The number of nitrogens with zero attached hydrogens (tertiary/aromatic N) is 1. The molecule has 4 heteroatoms. The molecule has 0 unspecified atom stereocenters. The fourth-order valence-electron chi connectivity index (χ4n) is 1.62. The Balaban J connectivity index is 2.08. The monoisotopic (exact) mass is 206 g/mol. The number of anilines is 1. The lowest BCUT2D eigenvalue weighted by Crippen LogP contribution is -2.37. The van der Waals surface area contributed by atoms with Crippen LogP contribution in [-0.4, -0.2) is 24.1 Å². The number of nitrogens with two attached hydrogens (primary N) is 1. The van der Waals surface area contributed by atoms with E-state index < -0.39 is 0 Å². The van der Waals surface area contributed by atoms with Gasteiger partial charge in [-0.3, -0.25) is 0 Å². The van der Waals surface area contributed by atoms with E-state index in [0.29, 0.717) is 13.2 Å². The summed E-state index contributed by atoms with van der Waals surface area (Å²) in [6.45, 7) is 1.80. The quantitative estimate of drug-likeness (QED) is 0.748. The third kappa shape index (κ3) is 2.21. The number of hydrogen-bond donors (Lipinski definition) is 1. The third-order valence-electron chi connectivity index (χ3n) is 2.47. The molecule has 0 spiro atoms. The molecule has 1 saturated heterocycles. The van der Waals surface area contributed by atoms with Crippen LogP contribution in [0, 0.1) is 0 Å². The van der Waals surface area contributed by atoms with Gasteiger partial charge in [-0.2, -0.15) is 0 Å². The lowest BCUT2D eigenvalue weighted by atomic mass is 10.1. The van der Waals surface area contributed by atoms with Crippen LogP contribution in [0.15, 0.2) is 24.3 Å². The average molecular weight is 206 g/mol. The largest absolute Gasteiger partial charge is 0.449 e. The van der Waals surface area contributed by atoms with E-state index in [4.69, 9.17) is 10.5 Å². The molecule has 15 heavy (non-hydrogen) atoms. The zero-order valence-electron chi connectivity index (χ0n) is 8.48. The van der Waals surface area contributed by atoms with Crippen molar-refractivity contribution in [3.05, 3.63) is 29.8 Å². The highest BCUT2D eigenvalue weighted by molar-refractivity contribution is 5.68. The maximum atomic E-state index is 11.4. The van der Waals surface area contributed by atoms with Gasteiger partial charge in [-0.25, -0.2) is 4.79 Å². The van der Waals surface area contributed by atoms with Gasteiger partial charge in [0, 0.05) is 12.2 Å². The van der Waals surface area contributed by atoms with Crippen molar-refractivity contribution in [1.29, 1.82) is 0 Å². The molecule has 1 aliphatic rings. The molecule has 1 aliphatic heterocycles. The lowest BCUT2D eigenvalue weighted by Gasteiger charge is -2.26. The third-order valence-corrected chi connectivity index (χ3v) is 2.47. The average Bonchev–Trinajstić information content (AvgIpc) is 2.24. The van der Waals surface area contributed by atoms with Gasteiger partial charge in [0.1, 0.15) is 0 Å². The minimum Gasteiger partial charge on any atom is -0.449 e. The highest BCUT2D eigenvalue weighted by Gasteiger charge is 2.19. The van der Waals surface area contributed by atoms with Gasteiger partial charge in [0.2, 0.25) is 0 Å². The number of rotatable bonds is 2. The second-order valence-corrected chi connectivity index (χ2v) is 3.59. The van der Waals surface area contributed by atoms with Gasteiger partial charge in [-0.15, -0.1) is 0 Å². The van der Waals surface area contributed by atoms with Gasteiger partial charge >= 0.3 is 6.09 Å². The molecule has 1 amide bonds. The molecule has 0 aromatic heterocycles. The summed E-state index contributed by atoms with van der Waals surface area (Å²) in [5.41, 5.74) is 7.49. The first kappa shape index (κ1) is 9.83. The molecule has 2 N–H and O–H groups in total. The first-order valence-electron chi connectivity index (χ1n) is 5.02. The number of nitrogen functional groups attached to an aromatic ring is 1. The molecular weight excluding hydrogens is 192 g/mol. The van der Waals surface area contributed by atoms with Crippen molar-refractivity contribution < 1.29 is 9.53 Å². The van der Waals surface area contributed by atoms with E-state index in [1.807, 2.05) is 24.3 Å². The topological polar surface area (TPSA) is 55.6 Å². The Morgan fingerprint density at radius 2 is 2.20 bits per heavy atom. The SMILES string of the molecule is Nc1ccccc1CN1CCCOC1=O. The summed E-state index contributed by atoms with van der Waals surface area (Å²) in [5.74, 6) is 0. The molecular formula is C11H14N2O2. The first-order valence-corrected chi connectivity index (χ1v) is 5.02. The predicted molar refractivity (Wildman–Crippen MR) is 57.2 cm³/mol. The number of carbonyl (C=O) groups is 1. The van der Waals surface area contributed by atoms with Crippen molar-refractivity contribution in [3.8, 4) is 0 Å². The molecule has 1 fully saturated rings. The van der Waals surface area contributed by atoms with Crippen LogP contribution < -0.4 is 5.73 Å². The second-order valence-electron chi connectivity index (χ2n) is 3.59. The predicted octanol–water partition coefficient (Wildman–Crippen LogP) is 1.61. The van der Waals surface area contributed by atoms with Crippen molar-refractivity contribution >= 4 is 11.8 Å². The minimum atomic E-state index is -0.246. The number of hydrogen-bond acceptors (Lipinski definition) is 3. The lowest BCUT2D eigenvalue weighted by molar-refractivity contribution is 0.0701. The van der Waals surface area contributed by atoms with Crippen molar-refractivity contribution in [2.45, 2.75) is 13.0 Å². The number of cyclic esters (lactones) is 1. The highest BCUT2D eigenvalue weighted by atomic mass is 16.6. The number of benzene rings is 1. The first-order chi connectivity index (χ1) is 7.27. The maximum absolute atomic E-state index is 11.4. The summed E-state index contributed by atoms with van der Waals surface area (Å²) in [6.07, 6.45) is 0.642. The van der Waals surface area contributed by atoms with E-state index in [0.717, 1.165) is 24.2 Å². The Kier molecular flexibility index (Phi) is 2.76. The molecule has 0 bridgehead atoms. The number of carbonyl (C=O) groups excluding carboxylic acids is 1. The summed E-state index contributed by atoms with van der Waals surface area (Å²) in [6, 6.07) is 7.57. The van der Waals surface area contributed by atoms with Crippen LogP contribution in [0.2, 0.25) is 0 Å². The molecule has 1 aromatic carbocycles. The number of ether oxygens (including phenoxy) is 1. The van der Waals surface area contributed by atoms with Gasteiger partial charge in [-0.05, 0) is 18.1 Å². The van der Waals surface area contributed by atoms with E-state index >= 15 is 0 Å². The van der Waals surface area contributed by atoms with Crippen molar-refractivity contribution in [3.63, 3.8) is 0 Å².